The molecule has 0 saturated carbocycles. The summed E-state index contributed by atoms with van der Waals surface area (Å²) in [7, 11) is 1.68. The molecule has 4 rings (SSSR count). The second kappa shape index (κ2) is 7.40. The van der Waals surface area contributed by atoms with Crippen molar-refractivity contribution in [1.82, 2.24) is 0 Å². The van der Waals surface area contributed by atoms with Gasteiger partial charge in [0, 0.05) is 0 Å². The number of amides is 2. The molecule has 2 aromatic carbocycles. The van der Waals surface area contributed by atoms with Crippen molar-refractivity contribution < 1.29 is 19.2 Å². The molecule has 2 fully saturated rings. The van der Waals surface area contributed by atoms with E-state index in [-0.39, 0.29) is 24.3 Å². The van der Waals surface area contributed by atoms with Crippen LogP contribution in [0.15, 0.2) is 54.6 Å². The van der Waals surface area contributed by atoms with Crippen molar-refractivity contribution in [2.45, 2.75) is 12.5 Å². The van der Waals surface area contributed by atoms with E-state index in [9.17, 15) is 9.59 Å². The zero-order valence-corrected chi connectivity index (χ0v) is 15.4. The van der Waals surface area contributed by atoms with E-state index < -0.39 is 0 Å². The maximum Gasteiger partial charge on any atom is 0.292 e. The molecule has 2 saturated heterocycles. The first-order valence-corrected chi connectivity index (χ1v) is 9.33. The number of rotatable bonds is 4. The normalized spacial score (nSPS) is 21.0. The van der Waals surface area contributed by atoms with Crippen molar-refractivity contribution in [3.05, 3.63) is 54.6 Å². The van der Waals surface area contributed by atoms with E-state index in [1.54, 1.807) is 7.11 Å². The molecule has 2 aliphatic rings. The number of benzene rings is 2. The van der Waals surface area contributed by atoms with Crippen LogP contribution in [0.5, 0.6) is 5.75 Å². The quantitative estimate of drug-likeness (QED) is 0.811. The number of imide groups is 1. The van der Waals surface area contributed by atoms with Crippen molar-refractivity contribution in [3.63, 3.8) is 0 Å². The smallest absolute Gasteiger partial charge is 0.292 e. The van der Waals surface area contributed by atoms with Gasteiger partial charge in [-0.05, 0) is 24.3 Å². The monoisotopic (exact) mass is 366 g/mol. The molecule has 2 amide bonds. The number of carbonyl (C=O) groups is 2. The maximum absolute atomic E-state index is 12.9. The van der Waals surface area contributed by atoms with E-state index in [0.717, 1.165) is 37.6 Å². The summed E-state index contributed by atoms with van der Waals surface area (Å²) in [5.74, 6) is 0.686. The Kier molecular flexibility index (Phi) is 4.81. The van der Waals surface area contributed by atoms with Crippen LogP contribution in [0.3, 0.4) is 0 Å². The molecule has 0 bridgehead atoms. The number of nitrogens with one attached hydrogen (secondary N) is 1. The molecular weight excluding hydrogens is 342 g/mol. The average molecular weight is 366 g/mol. The first-order valence-electron chi connectivity index (χ1n) is 9.33. The predicted octanol–water partition coefficient (Wildman–Crippen LogP) is 0.732. The minimum absolute atomic E-state index is 0.0769. The maximum atomic E-state index is 12.9. The highest BCUT2D eigenvalue weighted by molar-refractivity contribution is 6.21. The summed E-state index contributed by atoms with van der Waals surface area (Å²) in [6.45, 7) is 3.31. The van der Waals surface area contributed by atoms with Gasteiger partial charge in [0.25, 0.3) is 5.91 Å². The number of carbonyl (C=O) groups excluding carboxylic acids is 2. The lowest BCUT2D eigenvalue weighted by atomic mass is 10.1. The standard InChI is InChI=1S/C21H23N3O3/c1-27-19-10-6-5-9-17(19)22-11-13-23(14-12-22)18-15-20(25)24(21(18)26)16-7-3-2-4-8-16/h2-10,18H,11-15H2,1H3/p+1/t18-/m0/s1. The zero-order chi connectivity index (χ0) is 18.8. The number of nitrogens with zero attached hydrogens (tertiary/aromatic N) is 2. The zero-order valence-electron chi connectivity index (χ0n) is 15.4. The molecule has 6 nitrogen and oxygen atoms in total. The molecule has 6 heteroatoms. The summed E-state index contributed by atoms with van der Waals surface area (Å²) in [5, 5.41) is 0. The van der Waals surface area contributed by atoms with Crippen molar-refractivity contribution in [1.29, 1.82) is 0 Å². The molecule has 2 aliphatic heterocycles. The Hall–Kier alpha value is -2.86. The van der Waals surface area contributed by atoms with Gasteiger partial charge in [0.15, 0.2) is 6.04 Å². The second-order valence-electron chi connectivity index (χ2n) is 6.98. The summed E-state index contributed by atoms with van der Waals surface area (Å²) < 4.78 is 5.47. The Balaban J connectivity index is 1.44. The Labute approximate surface area is 158 Å². The molecule has 140 valence electrons. The Morgan fingerprint density at radius 1 is 0.963 bits per heavy atom. The van der Waals surface area contributed by atoms with Crippen LogP contribution in [-0.4, -0.2) is 51.1 Å². The number of anilines is 2. The number of hydrogen-bond donors (Lipinski definition) is 1. The number of hydrogen-bond acceptors (Lipinski definition) is 4. The largest absolute Gasteiger partial charge is 0.495 e. The van der Waals surface area contributed by atoms with E-state index in [1.165, 1.54) is 9.80 Å². The van der Waals surface area contributed by atoms with Crippen LogP contribution in [-0.2, 0) is 9.59 Å². The van der Waals surface area contributed by atoms with Crippen LogP contribution in [0.4, 0.5) is 11.4 Å². The lowest BCUT2D eigenvalue weighted by Gasteiger charge is -2.36. The Morgan fingerprint density at radius 2 is 1.63 bits per heavy atom. The van der Waals surface area contributed by atoms with Gasteiger partial charge in [-0.3, -0.25) is 9.59 Å². The van der Waals surface area contributed by atoms with Crippen LogP contribution in [0.1, 0.15) is 6.42 Å². The fourth-order valence-electron chi connectivity index (χ4n) is 4.07. The Bertz CT molecular complexity index is 832. The number of para-hydroxylation sites is 3. The van der Waals surface area contributed by atoms with Crippen molar-refractivity contribution in [3.8, 4) is 5.75 Å². The fraction of sp³-hybridized carbons (Fsp3) is 0.333. The van der Waals surface area contributed by atoms with Crippen LogP contribution in [0.2, 0.25) is 0 Å². The summed E-state index contributed by atoms with van der Waals surface area (Å²) in [6.07, 6.45) is 0.289. The third-order valence-corrected chi connectivity index (χ3v) is 5.49. The van der Waals surface area contributed by atoms with Gasteiger partial charge in [-0.25, -0.2) is 4.90 Å². The molecule has 0 aliphatic carbocycles. The van der Waals surface area contributed by atoms with Crippen molar-refractivity contribution in [2.75, 3.05) is 43.1 Å². The Morgan fingerprint density at radius 3 is 2.33 bits per heavy atom. The van der Waals surface area contributed by atoms with E-state index in [4.69, 9.17) is 4.74 Å². The summed E-state index contributed by atoms with van der Waals surface area (Å²) in [5.41, 5.74) is 1.75. The fourth-order valence-corrected chi connectivity index (χ4v) is 4.07. The lowest BCUT2D eigenvalue weighted by molar-refractivity contribution is -0.915. The number of methoxy groups -OCH3 is 1. The highest BCUT2D eigenvalue weighted by Crippen LogP contribution is 2.27. The molecule has 2 aromatic rings. The number of piperazine rings is 1. The van der Waals surface area contributed by atoms with E-state index >= 15 is 0 Å². The van der Waals surface area contributed by atoms with Gasteiger partial charge in [0.05, 0.1) is 51.1 Å². The van der Waals surface area contributed by atoms with Gasteiger partial charge < -0.3 is 14.5 Å². The van der Waals surface area contributed by atoms with Gasteiger partial charge in [-0.1, -0.05) is 30.3 Å². The average Bonchev–Trinajstić information content (AvgIpc) is 3.02. The van der Waals surface area contributed by atoms with Gasteiger partial charge in [0.2, 0.25) is 5.91 Å². The van der Waals surface area contributed by atoms with E-state index in [1.807, 2.05) is 48.5 Å². The lowest BCUT2D eigenvalue weighted by Crippen LogP contribution is -3.19. The molecule has 27 heavy (non-hydrogen) atoms. The third kappa shape index (κ3) is 3.28. The first-order chi connectivity index (χ1) is 13.2. The molecule has 1 atom stereocenters. The van der Waals surface area contributed by atoms with Gasteiger partial charge in [0.1, 0.15) is 5.75 Å². The minimum Gasteiger partial charge on any atom is -0.495 e. The van der Waals surface area contributed by atoms with Gasteiger partial charge in [-0.2, -0.15) is 0 Å². The van der Waals surface area contributed by atoms with Crippen LogP contribution >= 0.6 is 0 Å². The summed E-state index contributed by atoms with van der Waals surface area (Å²) in [6, 6.07) is 16.9. The third-order valence-electron chi connectivity index (χ3n) is 5.49. The van der Waals surface area contributed by atoms with Crippen LogP contribution in [0.25, 0.3) is 0 Å². The molecule has 2 heterocycles. The topological polar surface area (TPSA) is 54.3 Å². The first kappa shape index (κ1) is 17.5. The predicted molar refractivity (Wildman–Crippen MR) is 103 cm³/mol. The molecule has 0 radical (unpaired) electrons. The molecule has 0 spiro atoms. The molecule has 1 N–H and O–H groups in total. The highest BCUT2D eigenvalue weighted by Gasteiger charge is 2.46. The van der Waals surface area contributed by atoms with Crippen LogP contribution < -0.4 is 19.4 Å². The van der Waals surface area contributed by atoms with E-state index in [0.29, 0.717) is 5.69 Å². The van der Waals surface area contributed by atoms with Crippen LogP contribution in [0, 0.1) is 0 Å². The number of ether oxygens (including phenoxy) is 1. The SMILES string of the molecule is COc1ccccc1N1CC[NH+]([C@H]2CC(=O)N(c3ccccc3)C2=O)CC1. The second-order valence-corrected chi connectivity index (χ2v) is 6.98. The van der Waals surface area contributed by atoms with Gasteiger partial charge >= 0.3 is 0 Å². The molecule has 0 unspecified atom stereocenters. The van der Waals surface area contributed by atoms with Gasteiger partial charge in [-0.15, -0.1) is 0 Å². The van der Waals surface area contributed by atoms with Crippen molar-refractivity contribution in [2.24, 2.45) is 0 Å². The minimum atomic E-state index is -0.280. The number of quaternary nitrogens is 1. The summed E-state index contributed by atoms with van der Waals surface area (Å²) in [4.78, 5) is 30.2. The highest BCUT2D eigenvalue weighted by atomic mass is 16.5. The summed E-state index contributed by atoms with van der Waals surface area (Å²) >= 11 is 0. The van der Waals surface area contributed by atoms with Crippen molar-refractivity contribution >= 4 is 23.2 Å². The molecule has 0 aromatic heterocycles. The molecular formula is C21H24N3O3+. The van der Waals surface area contributed by atoms with E-state index in [2.05, 4.69) is 11.0 Å².